The third-order valence-corrected chi connectivity index (χ3v) is 3.69. The Morgan fingerprint density at radius 2 is 2.27 bits per heavy atom. The Kier molecular flexibility index (Phi) is 5.47. The number of thioether (sulfide) groups is 1. The first-order valence-corrected chi connectivity index (χ1v) is 7.06. The second kappa shape index (κ2) is 6.38. The lowest BCUT2D eigenvalue weighted by atomic mass is 9.89. The molecule has 3 nitrogen and oxygen atoms in total. The lowest BCUT2D eigenvalue weighted by Crippen LogP contribution is -2.55. The molecule has 1 aliphatic rings. The molecule has 0 bridgehead atoms. The fourth-order valence-electron chi connectivity index (χ4n) is 2.06. The SMILES string of the molecule is CSCCC(=O)NC1C(C)CCNC1C. The lowest BCUT2D eigenvalue weighted by Gasteiger charge is -2.36. The van der Waals surface area contributed by atoms with Gasteiger partial charge in [0.15, 0.2) is 0 Å². The minimum Gasteiger partial charge on any atom is -0.352 e. The molecule has 0 aliphatic carbocycles. The van der Waals surface area contributed by atoms with Gasteiger partial charge in [-0.2, -0.15) is 11.8 Å². The van der Waals surface area contributed by atoms with E-state index in [1.165, 1.54) is 0 Å². The number of amides is 1. The number of rotatable bonds is 4. The van der Waals surface area contributed by atoms with Crippen molar-refractivity contribution in [3.63, 3.8) is 0 Å². The highest BCUT2D eigenvalue weighted by molar-refractivity contribution is 7.98. The van der Waals surface area contributed by atoms with Gasteiger partial charge < -0.3 is 10.6 Å². The van der Waals surface area contributed by atoms with Crippen LogP contribution in [0.5, 0.6) is 0 Å². The van der Waals surface area contributed by atoms with Gasteiger partial charge in [-0.15, -0.1) is 0 Å². The maximum atomic E-state index is 11.6. The van der Waals surface area contributed by atoms with Gasteiger partial charge >= 0.3 is 0 Å². The Morgan fingerprint density at radius 1 is 1.53 bits per heavy atom. The summed E-state index contributed by atoms with van der Waals surface area (Å²) in [6, 6.07) is 0.695. The third kappa shape index (κ3) is 4.03. The third-order valence-electron chi connectivity index (χ3n) is 3.08. The summed E-state index contributed by atoms with van der Waals surface area (Å²) in [5.74, 6) is 1.69. The summed E-state index contributed by atoms with van der Waals surface area (Å²) in [5.41, 5.74) is 0. The van der Waals surface area contributed by atoms with E-state index in [1.807, 2.05) is 6.26 Å². The Labute approximate surface area is 96.8 Å². The van der Waals surface area contributed by atoms with E-state index in [4.69, 9.17) is 0 Å². The monoisotopic (exact) mass is 230 g/mol. The van der Waals surface area contributed by atoms with Gasteiger partial charge in [-0.1, -0.05) is 6.92 Å². The molecule has 1 heterocycles. The van der Waals surface area contributed by atoms with E-state index in [0.717, 1.165) is 18.7 Å². The molecule has 88 valence electrons. The van der Waals surface area contributed by atoms with Crippen LogP contribution in [0.4, 0.5) is 0 Å². The van der Waals surface area contributed by atoms with Crippen molar-refractivity contribution in [3.05, 3.63) is 0 Å². The largest absolute Gasteiger partial charge is 0.352 e. The summed E-state index contributed by atoms with van der Waals surface area (Å²) < 4.78 is 0. The van der Waals surface area contributed by atoms with E-state index in [0.29, 0.717) is 24.4 Å². The van der Waals surface area contributed by atoms with Crippen LogP contribution in [0.1, 0.15) is 26.7 Å². The summed E-state index contributed by atoms with van der Waals surface area (Å²) in [5, 5.41) is 6.54. The van der Waals surface area contributed by atoms with Crippen molar-refractivity contribution in [2.75, 3.05) is 18.6 Å². The van der Waals surface area contributed by atoms with E-state index < -0.39 is 0 Å². The van der Waals surface area contributed by atoms with E-state index in [-0.39, 0.29) is 5.91 Å². The van der Waals surface area contributed by atoms with Crippen molar-refractivity contribution in [2.24, 2.45) is 5.92 Å². The number of hydrogen-bond donors (Lipinski definition) is 2. The fraction of sp³-hybridized carbons (Fsp3) is 0.909. The summed E-state index contributed by atoms with van der Waals surface area (Å²) in [4.78, 5) is 11.6. The van der Waals surface area contributed by atoms with Crippen LogP contribution in [-0.4, -0.2) is 36.5 Å². The number of hydrogen-bond acceptors (Lipinski definition) is 3. The van der Waals surface area contributed by atoms with Gasteiger partial charge in [-0.3, -0.25) is 4.79 Å². The number of carbonyl (C=O) groups is 1. The smallest absolute Gasteiger partial charge is 0.221 e. The van der Waals surface area contributed by atoms with Crippen molar-refractivity contribution < 1.29 is 4.79 Å². The highest BCUT2D eigenvalue weighted by Crippen LogP contribution is 2.16. The van der Waals surface area contributed by atoms with Gasteiger partial charge in [0.2, 0.25) is 5.91 Å². The molecule has 3 unspecified atom stereocenters. The quantitative estimate of drug-likeness (QED) is 0.763. The fourth-order valence-corrected chi connectivity index (χ4v) is 2.45. The standard InChI is InChI=1S/C11H22N2OS/c1-8-4-6-12-9(2)11(8)13-10(14)5-7-15-3/h8-9,11-12H,4-7H2,1-3H3,(H,13,14). The first kappa shape index (κ1) is 12.8. The van der Waals surface area contributed by atoms with Gasteiger partial charge in [-0.05, 0) is 32.1 Å². The molecule has 1 amide bonds. The molecule has 15 heavy (non-hydrogen) atoms. The molecule has 1 aliphatic heterocycles. The van der Waals surface area contributed by atoms with Gasteiger partial charge in [0.05, 0.1) is 0 Å². The van der Waals surface area contributed by atoms with Crippen LogP contribution in [0.15, 0.2) is 0 Å². The van der Waals surface area contributed by atoms with E-state index in [9.17, 15) is 4.79 Å². The number of carbonyl (C=O) groups excluding carboxylic acids is 1. The molecule has 1 saturated heterocycles. The zero-order valence-corrected chi connectivity index (χ0v) is 10.7. The van der Waals surface area contributed by atoms with Crippen molar-refractivity contribution >= 4 is 17.7 Å². The van der Waals surface area contributed by atoms with Crippen molar-refractivity contribution in [3.8, 4) is 0 Å². The molecule has 1 fully saturated rings. The average molecular weight is 230 g/mol. The zero-order valence-electron chi connectivity index (χ0n) is 9.88. The lowest BCUT2D eigenvalue weighted by molar-refractivity contribution is -0.122. The van der Waals surface area contributed by atoms with E-state index in [2.05, 4.69) is 24.5 Å². The predicted octanol–water partition coefficient (Wildman–Crippen LogP) is 1.24. The van der Waals surface area contributed by atoms with Gasteiger partial charge in [0.1, 0.15) is 0 Å². The molecule has 0 aromatic heterocycles. The topological polar surface area (TPSA) is 41.1 Å². The van der Waals surface area contributed by atoms with Crippen LogP contribution in [0.25, 0.3) is 0 Å². The van der Waals surface area contributed by atoms with E-state index >= 15 is 0 Å². The maximum absolute atomic E-state index is 11.6. The summed E-state index contributed by atoms with van der Waals surface area (Å²) >= 11 is 1.72. The molecular formula is C11H22N2OS. The zero-order chi connectivity index (χ0) is 11.3. The van der Waals surface area contributed by atoms with Crippen LogP contribution in [0, 0.1) is 5.92 Å². The minimum atomic E-state index is 0.191. The molecule has 3 atom stereocenters. The van der Waals surface area contributed by atoms with Crippen molar-refractivity contribution in [1.29, 1.82) is 0 Å². The Bertz CT molecular complexity index is 201. The molecule has 2 N–H and O–H groups in total. The molecule has 4 heteroatoms. The highest BCUT2D eigenvalue weighted by Gasteiger charge is 2.28. The molecule has 0 aromatic carbocycles. The molecule has 0 radical (unpaired) electrons. The van der Waals surface area contributed by atoms with Gasteiger partial charge in [-0.25, -0.2) is 0 Å². The Morgan fingerprint density at radius 3 is 2.87 bits per heavy atom. The minimum absolute atomic E-state index is 0.191. The second-order valence-corrected chi connectivity index (χ2v) is 5.33. The molecule has 0 spiro atoms. The molecular weight excluding hydrogens is 208 g/mol. The maximum Gasteiger partial charge on any atom is 0.221 e. The molecule has 0 saturated carbocycles. The van der Waals surface area contributed by atoms with Crippen LogP contribution in [0.3, 0.4) is 0 Å². The van der Waals surface area contributed by atoms with Gasteiger partial charge in [0, 0.05) is 24.3 Å². The Hall–Kier alpha value is -0.220. The predicted molar refractivity (Wildman–Crippen MR) is 66.2 cm³/mol. The van der Waals surface area contributed by atoms with Crippen LogP contribution < -0.4 is 10.6 Å². The number of nitrogens with one attached hydrogen (secondary N) is 2. The van der Waals surface area contributed by atoms with Crippen molar-refractivity contribution in [1.82, 2.24) is 10.6 Å². The van der Waals surface area contributed by atoms with Crippen LogP contribution >= 0.6 is 11.8 Å². The number of piperidine rings is 1. The normalized spacial score (nSPS) is 31.3. The molecule has 1 rings (SSSR count). The first-order valence-electron chi connectivity index (χ1n) is 5.67. The average Bonchev–Trinajstić information content (AvgIpc) is 2.21. The summed E-state index contributed by atoms with van der Waals surface area (Å²) in [6.45, 7) is 5.44. The highest BCUT2D eigenvalue weighted by atomic mass is 32.2. The van der Waals surface area contributed by atoms with E-state index in [1.54, 1.807) is 11.8 Å². The van der Waals surface area contributed by atoms with Crippen LogP contribution in [0.2, 0.25) is 0 Å². The van der Waals surface area contributed by atoms with Crippen molar-refractivity contribution in [2.45, 2.75) is 38.8 Å². The second-order valence-electron chi connectivity index (χ2n) is 4.34. The van der Waals surface area contributed by atoms with Gasteiger partial charge in [0.25, 0.3) is 0 Å². The Balaban J connectivity index is 2.37. The summed E-state index contributed by atoms with van der Waals surface area (Å²) in [7, 11) is 0. The molecule has 0 aromatic rings. The van der Waals surface area contributed by atoms with Crippen LogP contribution in [-0.2, 0) is 4.79 Å². The first-order chi connectivity index (χ1) is 7.15. The summed E-state index contributed by atoms with van der Waals surface area (Å²) in [6.07, 6.45) is 3.82.